The third kappa shape index (κ3) is 3.34. The van der Waals surface area contributed by atoms with Crippen LogP contribution in [0.25, 0.3) is 11.1 Å². The molecule has 0 saturated heterocycles. The highest BCUT2D eigenvalue weighted by Crippen LogP contribution is 2.28. The maximum absolute atomic E-state index is 12.5. The van der Waals surface area contributed by atoms with Crippen LogP contribution in [0.3, 0.4) is 0 Å². The fourth-order valence-electron chi connectivity index (χ4n) is 2.69. The fraction of sp³-hybridized carbons (Fsp3) is 0.150. The van der Waals surface area contributed by atoms with Crippen molar-refractivity contribution < 1.29 is 9.53 Å². The van der Waals surface area contributed by atoms with Crippen molar-refractivity contribution in [1.29, 1.82) is 0 Å². The van der Waals surface area contributed by atoms with E-state index in [2.05, 4.69) is 17.1 Å². The van der Waals surface area contributed by atoms with Crippen molar-refractivity contribution in [1.82, 2.24) is 4.98 Å². The van der Waals surface area contributed by atoms with E-state index in [-0.39, 0.29) is 5.97 Å². The van der Waals surface area contributed by atoms with E-state index in [1.807, 2.05) is 61.7 Å². The predicted octanol–water partition coefficient (Wildman–Crippen LogP) is 4.45. The Balaban J connectivity index is 2.03. The molecular weight excluding hydrogens is 286 g/mol. The van der Waals surface area contributed by atoms with E-state index in [1.54, 1.807) is 0 Å². The van der Waals surface area contributed by atoms with Crippen molar-refractivity contribution in [2.24, 2.45) is 0 Å². The Labute approximate surface area is 135 Å². The van der Waals surface area contributed by atoms with Gasteiger partial charge in [0, 0.05) is 23.9 Å². The van der Waals surface area contributed by atoms with Crippen LogP contribution in [0.4, 0.5) is 0 Å². The molecule has 2 aromatic carbocycles. The number of carbonyl (C=O) groups excluding carboxylic acids is 1. The van der Waals surface area contributed by atoms with Crippen LogP contribution in [0.15, 0.2) is 66.9 Å². The van der Waals surface area contributed by atoms with Gasteiger partial charge in [-0.15, -0.1) is 0 Å². The maximum atomic E-state index is 12.5. The molecular formula is C20H19NO2. The van der Waals surface area contributed by atoms with Crippen LogP contribution in [-0.4, -0.2) is 17.6 Å². The zero-order valence-electron chi connectivity index (χ0n) is 13.1. The summed E-state index contributed by atoms with van der Waals surface area (Å²) in [6, 6.07) is 20.0. The molecule has 116 valence electrons. The number of hydrogen-bond donors (Lipinski definition) is 1. The van der Waals surface area contributed by atoms with Crippen LogP contribution in [0, 0.1) is 0 Å². The van der Waals surface area contributed by atoms with E-state index in [1.165, 1.54) is 0 Å². The normalized spacial score (nSPS) is 10.5. The quantitative estimate of drug-likeness (QED) is 0.708. The van der Waals surface area contributed by atoms with E-state index in [0.29, 0.717) is 18.6 Å². The largest absolute Gasteiger partial charge is 0.462 e. The Hall–Kier alpha value is -2.81. The zero-order valence-corrected chi connectivity index (χ0v) is 13.1. The molecule has 3 nitrogen and oxygen atoms in total. The number of hydrogen-bond acceptors (Lipinski definition) is 2. The van der Waals surface area contributed by atoms with E-state index in [4.69, 9.17) is 4.74 Å². The number of carbonyl (C=O) groups is 1. The third-order valence-corrected chi connectivity index (χ3v) is 3.75. The molecule has 0 radical (unpaired) electrons. The molecule has 3 heteroatoms. The van der Waals surface area contributed by atoms with Crippen molar-refractivity contribution in [3.05, 3.63) is 83.7 Å². The van der Waals surface area contributed by atoms with Crippen LogP contribution < -0.4 is 0 Å². The molecule has 3 aromatic rings. The molecule has 1 aromatic heterocycles. The molecule has 0 saturated carbocycles. The van der Waals surface area contributed by atoms with Gasteiger partial charge in [-0.2, -0.15) is 0 Å². The lowest BCUT2D eigenvalue weighted by Crippen LogP contribution is -2.08. The van der Waals surface area contributed by atoms with Crippen LogP contribution in [0.1, 0.15) is 28.5 Å². The molecule has 1 heterocycles. The summed E-state index contributed by atoms with van der Waals surface area (Å²) < 4.78 is 5.27. The number of H-pyrrole nitrogens is 1. The molecule has 0 aliphatic rings. The van der Waals surface area contributed by atoms with Crippen LogP contribution in [0.5, 0.6) is 0 Å². The lowest BCUT2D eigenvalue weighted by atomic mass is 10.00. The van der Waals surface area contributed by atoms with Gasteiger partial charge in [-0.05, 0) is 18.1 Å². The second-order valence-corrected chi connectivity index (χ2v) is 5.30. The Morgan fingerprint density at radius 1 is 1.00 bits per heavy atom. The Kier molecular flexibility index (Phi) is 4.57. The molecule has 0 bridgehead atoms. The fourth-order valence-corrected chi connectivity index (χ4v) is 2.69. The second-order valence-electron chi connectivity index (χ2n) is 5.30. The van der Waals surface area contributed by atoms with Crippen molar-refractivity contribution in [3.8, 4) is 11.1 Å². The SMILES string of the molecule is CCOC(=O)c1c(-c2ccccc2)c[nH]c1Cc1ccccc1. The lowest BCUT2D eigenvalue weighted by Gasteiger charge is -2.07. The van der Waals surface area contributed by atoms with Gasteiger partial charge in [0.2, 0.25) is 0 Å². The topological polar surface area (TPSA) is 42.1 Å². The van der Waals surface area contributed by atoms with Crippen LogP contribution >= 0.6 is 0 Å². The van der Waals surface area contributed by atoms with Crippen molar-refractivity contribution in [3.63, 3.8) is 0 Å². The van der Waals surface area contributed by atoms with Gasteiger partial charge >= 0.3 is 5.97 Å². The van der Waals surface area contributed by atoms with Gasteiger partial charge in [0.25, 0.3) is 0 Å². The van der Waals surface area contributed by atoms with Crippen molar-refractivity contribution in [2.75, 3.05) is 6.61 Å². The van der Waals surface area contributed by atoms with E-state index >= 15 is 0 Å². The highest BCUT2D eigenvalue weighted by molar-refractivity contribution is 5.98. The first-order chi connectivity index (χ1) is 11.3. The number of nitrogens with one attached hydrogen (secondary N) is 1. The second kappa shape index (κ2) is 6.97. The Bertz CT molecular complexity index is 776. The van der Waals surface area contributed by atoms with Gasteiger partial charge in [0.05, 0.1) is 12.2 Å². The van der Waals surface area contributed by atoms with Crippen LogP contribution in [0.2, 0.25) is 0 Å². The predicted molar refractivity (Wildman–Crippen MR) is 91.4 cm³/mol. The molecule has 3 rings (SSSR count). The standard InChI is InChI=1S/C20H19NO2/c1-2-23-20(22)19-17(16-11-7-4-8-12-16)14-21-18(19)13-15-9-5-3-6-10-15/h3-12,14,21H,2,13H2,1H3. The highest BCUT2D eigenvalue weighted by atomic mass is 16.5. The molecule has 0 atom stereocenters. The zero-order chi connectivity index (χ0) is 16.1. The first-order valence-electron chi connectivity index (χ1n) is 7.76. The number of rotatable bonds is 5. The van der Waals surface area contributed by atoms with Gasteiger partial charge in [-0.25, -0.2) is 4.79 Å². The number of aromatic nitrogens is 1. The highest BCUT2D eigenvalue weighted by Gasteiger charge is 2.20. The minimum atomic E-state index is -0.279. The summed E-state index contributed by atoms with van der Waals surface area (Å²) in [5, 5.41) is 0. The molecule has 0 spiro atoms. The summed E-state index contributed by atoms with van der Waals surface area (Å²) in [5.41, 5.74) is 4.55. The molecule has 0 aliphatic heterocycles. The summed E-state index contributed by atoms with van der Waals surface area (Å²) >= 11 is 0. The summed E-state index contributed by atoms with van der Waals surface area (Å²) in [6.07, 6.45) is 2.56. The molecule has 23 heavy (non-hydrogen) atoms. The first kappa shape index (κ1) is 15.1. The molecule has 1 N–H and O–H groups in total. The average Bonchev–Trinajstić information content (AvgIpc) is 3.00. The molecule has 0 unspecified atom stereocenters. The lowest BCUT2D eigenvalue weighted by molar-refractivity contribution is 0.0526. The number of benzene rings is 2. The van der Waals surface area contributed by atoms with E-state index < -0.39 is 0 Å². The molecule has 0 aliphatic carbocycles. The van der Waals surface area contributed by atoms with Gasteiger partial charge in [0.15, 0.2) is 0 Å². The minimum Gasteiger partial charge on any atom is -0.462 e. The Morgan fingerprint density at radius 3 is 2.30 bits per heavy atom. The summed E-state index contributed by atoms with van der Waals surface area (Å²) in [5.74, 6) is -0.279. The number of ether oxygens (including phenoxy) is 1. The van der Waals surface area contributed by atoms with Crippen molar-refractivity contribution in [2.45, 2.75) is 13.3 Å². The maximum Gasteiger partial charge on any atom is 0.340 e. The minimum absolute atomic E-state index is 0.279. The third-order valence-electron chi connectivity index (χ3n) is 3.75. The number of aromatic amines is 1. The summed E-state index contributed by atoms with van der Waals surface area (Å²) in [6.45, 7) is 2.19. The average molecular weight is 305 g/mol. The van der Waals surface area contributed by atoms with Gasteiger partial charge in [-0.3, -0.25) is 0 Å². The summed E-state index contributed by atoms with van der Waals surface area (Å²) in [4.78, 5) is 15.7. The van der Waals surface area contributed by atoms with Crippen molar-refractivity contribution >= 4 is 5.97 Å². The van der Waals surface area contributed by atoms with Crippen LogP contribution in [-0.2, 0) is 11.2 Å². The van der Waals surface area contributed by atoms with E-state index in [0.717, 1.165) is 22.4 Å². The first-order valence-corrected chi connectivity index (χ1v) is 7.76. The number of esters is 1. The van der Waals surface area contributed by atoms with Gasteiger partial charge in [0.1, 0.15) is 0 Å². The smallest absolute Gasteiger partial charge is 0.340 e. The Morgan fingerprint density at radius 2 is 1.65 bits per heavy atom. The summed E-state index contributed by atoms with van der Waals surface area (Å²) in [7, 11) is 0. The van der Waals surface area contributed by atoms with Gasteiger partial charge < -0.3 is 9.72 Å². The van der Waals surface area contributed by atoms with Gasteiger partial charge in [-0.1, -0.05) is 60.7 Å². The molecule has 0 amide bonds. The monoisotopic (exact) mass is 305 g/mol. The molecule has 0 fully saturated rings. The van der Waals surface area contributed by atoms with E-state index in [9.17, 15) is 4.79 Å².